The lowest BCUT2D eigenvalue weighted by atomic mass is 10.1. The van der Waals surface area contributed by atoms with E-state index in [0.717, 1.165) is 43.2 Å². The largest absolute Gasteiger partial charge is 0.459 e. The summed E-state index contributed by atoms with van der Waals surface area (Å²) >= 11 is 0. The number of fused-ring (bicyclic) bond motifs is 1. The topological polar surface area (TPSA) is 25.2 Å². The summed E-state index contributed by atoms with van der Waals surface area (Å²) < 4.78 is 32.7. The summed E-state index contributed by atoms with van der Waals surface area (Å²) in [6, 6.07) is 2.17. The molecule has 2 rings (SSSR count). The SMILES string of the molecule is CCCNCc1oc2cc(F)cc(F)c2c1CCC. The van der Waals surface area contributed by atoms with Crippen LogP contribution in [0.4, 0.5) is 8.78 Å². The van der Waals surface area contributed by atoms with E-state index in [1.807, 2.05) is 6.92 Å². The molecule has 2 nitrogen and oxygen atoms in total. The van der Waals surface area contributed by atoms with Crippen LogP contribution >= 0.6 is 0 Å². The standard InChI is InChI=1S/C15H19F2NO/c1-3-5-11-14(9-18-6-4-2)19-13-8-10(16)7-12(17)15(11)13/h7-8,18H,3-6,9H2,1-2H3. The molecule has 0 radical (unpaired) electrons. The van der Waals surface area contributed by atoms with Gasteiger partial charge in [0.15, 0.2) is 0 Å². The Morgan fingerprint density at radius 1 is 1.16 bits per heavy atom. The van der Waals surface area contributed by atoms with Crippen LogP contribution in [-0.4, -0.2) is 6.54 Å². The van der Waals surface area contributed by atoms with Crippen molar-refractivity contribution < 1.29 is 13.2 Å². The number of hydrogen-bond donors (Lipinski definition) is 1. The molecular weight excluding hydrogens is 248 g/mol. The third kappa shape index (κ3) is 2.95. The maximum absolute atomic E-state index is 13.9. The summed E-state index contributed by atoms with van der Waals surface area (Å²) in [4.78, 5) is 0. The lowest BCUT2D eigenvalue weighted by Crippen LogP contribution is -2.14. The number of benzene rings is 1. The highest BCUT2D eigenvalue weighted by molar-refractivity contribution is 5.83. The van der Waals surface area contributed by atoms with E-state index in [9.17, 15) is 8.78 Å². The van der Waals surface area contributed by atoms with Crippen LogP contribution in [0.2, 0.25) is 0 Å². The summed E-state index contributed by atoms with van der Waals surface area (Å²) in [5.41, 5.74) is 1.16. The molecule has 4 heteroatoms. The molecule has 19 heavy (non-hydrogen) atoms. The van der Waals surface area contributed by atoms with Crippen molar-refractivity contribution in [3.8, 4) is 0 Å². The number of aryl methyl sites for hydroxylation is 1. The fraction of sp³-hybridized carbons (Fsp3) is 0.467. The predicted octanol–water partition coefficient (Wildman–Crippen LogP) is 4.16. The van der Waals surface area contributed by atoms with Gasteiger partial charge in [0, 0.05) is 17.7 Å². The average Bonchev–Trinajstić information content (AvgIpc) is 2.68. The van der Waals surface area contributed by atoms with Crippen molar-refractivity contribution in [2.45, 2.75) is 39.7 Å². The highest BCUT2D eigenvalue weighted by atomic mass is 19.1. The van der Waals surface area contributed by atoms with Crippen LogP contribution in [0.1, 0.15) is 38.0 Å². The maximum Gasteiger partial charge on any atom is 0.140 e. The first kappa shape index (κ1) is 14.0. The first-order valence-electron chi connectivity index (χ1n) is 6.77. The zero-order chi connectivity index (χ0) is 13.8. The number of rotatable bonds is 6. The van der Waals surface area contributed by atoms with Crippen LogP contribution in [0.5, 0.6) is 0 Å². The van der Waals surface area contributed by atoms with Crippen molar-refractivity contribution >= 4 is 11.0 Å². The van der Waals surface area contributed by atoms with Crippen molar-refractivity contribution in [3.63, 3.8) is 0 Å². The van der Waals surface area contributed by atoms with Gasteiger partial charge in [-0.25, -0.2) is 8.78 Å². The van der Waals surface area contributed by atoms with Crippen LogP contribution in [0, 0.1) is 11.6 Å². The fourth-order valence-corrected chi connectivity index (χ4v) is 2.29. The Morgan fingerprint density at radius 3 is 2.63 bits per heavy atom. The van der Waals surface area contributed by atoms with Gasteiger partial charge >= 0.3 is 0 Å². The molecule has 0 fully saturated rings. The molecule has 2 aromatic rings. The second-order valence-electron chi connectivity index (χ2n) is 4.69. The second kappa shape index (κ2) is 6.15. The van der Waals surface area contributed by atoms with Gasteiger partial charge < -0.3 is 9.73 Å². The van der Waals surface area contributed by atoms with Crippen molar-refractivity contribution in [3.05, 3.63) is 35.1 Å². The highest BCUT2D eigenvalue weighted by Gasteiger charge is 2.17. The van der Waals surface area contributed by atoms with Crippen LogP contribution in [0.3, 0.4) is 0 Å². The monoisotopic (exact) mass is 267 g/mol. The Morgan fingerprint density at radius 2 is 1.95 bits per heavy atom. The Bertz CT molecular complexity index is 563. The van der Waals surface area contributed by atoms with Gasteiger partial charge in [-0.2, -0.15) is 0 Å². The zero-order valence-electron chi connectivity index (χ0n) is 11.4. The third-order valence-electron chi connectivity index (χ3n) is 3.10. The van der Waals surface area contributed by atoms with E-state index in [0.29, 0.717) is 17.5 Å². The van der Waals surface area contributed by atoms with Gasteiger partial charge in [0.25, 0.3) is 0 Å². The fourth-order valence-electron chi connectivity index (χ4n) is 2.29. The van der Waals surface area contributed by atoms with Gasteiger partial charge in [0.2, 0.25) is 0 Å². The van der Waals surface area contributed by atoms with Crippen molar-refractivity contribution in [1.29, 1.82) is 0 Å². The Kier molecular flexibility index (Phi) is 4.53. The molecule has 1 aromatic heterocycles. The third-order valence-corrected chi connectivity index (χ3v) is 3.10. The van der Waals surface area contributed by atoms with E-state index >= 15 is 0 Å². The number of nitrogens with one attached hydrogen (secondary N) is 1. The molecule has 1 heterocycles. The highest BCUT2D eigenvalue weighted by Crippen LogP contribution is 2.30. The van der Waals surface area contributed by atoms with Crippen molar-refractivity contribution in [2.75, 3.05) is 6.54 Å². The van der Waals surface area contributed by atoms with Crippen LogP contribution in [-0.2, 0) is 13.0 Å². The second-order valence-corrected chi connectivity index (χ2v) is 4.69. The van der Waals surface area contributed by atoms with E-state index < -0.39 is 11.6 Å². The Hall–Kier alpha value is -1.42. The smallest absolute Gasteiger partial charge is 0.140 e. The van der Waals surface area contributed by atoms with E-state index in [2.05, 4.69) is 12.2 Å². The van der Waals surface area contributed by atoms with Gasteiger partial charge in [-0.05, 0) is 19.4 Å². The molecular formula is C15H19F2NO. The molecule has 0 saturated heterocycles. The average molecular weight is 267 g/mol. The summed E-state index contributed by atoms with van der Waals surface area (Å²) in [7, 11) is 0. The first-order chi connectivity index (χ1) is 9.17. The van der Waals surface area contributed by atoms with E-state index in [1.165, 1.54) is 6.07 Å². The zero-order valence-corrected chi connectivity index (χ0v) is 11.4. The Labute approximate surface area is 111 Å². The summed E-state index contributed by atoms with van der Waals surface area (Å²) in [6.45, 7) is 5.54. The molecule has 104 valence electrons. The molecule has 0 bridgehead atoms. The molecule has 0 aliphatic heterocycles. The molecule has 0 spiro atoms. The number of halogens is 2. The number of hydrogen-bond acceptors (Lipinski definition) is 2. The number of furan rings is 1. The van der Waals surface area contributed by atoms with Gasteiger partial charge in [-0.3, -0.25) is 0 Å². The van der Waals surface area contributed by atoms with E-state index in [1.54, 1.807) is 0 Å². The van der Waals surface area contributed by atoms with Crippen molar-refractivity contribution in [2.24, 2.45) is 0 Å². The predicted molar refractivity (Wildman–Crippen MR) is 72.1 cm³/mol. The molecule has 1 aromatic carbocycles. The van der Waals surface area contributed by atoms with Gasteiger partial charge in [0.05, 0.1) is 11.9 Å². The quantitative estimate of drug-likeness (QED) is 0.795. The lowest BCUT2D eigenvalue weighted by molar-refractivity contribution is 0.504. The Balaban J connectivity index is 2.44. The molecule has 0 unspecified atom stereocenters. The first-order valence-corrected chi connectivity index (χ1v) is 6.77. The minimum atomic E-state index is -0.602. The minimum Gasteiger partial charge on any atom is -0.459 e. The van der Waals surface area contributed by atoms with Crippen LogP contribution < -0.4 is 5.32 Å². The van der Waals surface area contributed by atoms with E-state index in [-0.39, 0.29) is 0 Å². The molecule has 0 saturated carbocycles. The normalized spacial score (nSPS) is 11.4. The summed E-state index contributed by atoms with van der Waals surface area (Å²) in [5, 5.41) is 3.66. The molecule has 0 aliphatic carbocycles. The summed E-state index contributed by atoms with van der Waals surface area (Å²) in [5.74, 6) is -0.423. The van der Waals surface area contributed by atoms with E-state index in [4.69, 9.17) is 4.42 Å². The lowest BCUT2D eigenvalue weighted by Gasteiger charge is -2.03. The van der Waals surface area contributed by atoms with Gasteiger partial charge in [-0.1, -0.05) is 20.3 Å². The molecule has 0 amide bonds. The van der Waals surface area contributed by atoms with Crippen molar-refractivity contribution in [1.82, 2.24) is 5.32 Å². The van der Waals surface area contributed by atoms with Gasteiger partial charge in [-0.15, -0.1) is 0 Å². The molecule has 0 aliphatic rings. The summed E-state index contributed by atoms with van der Waals surface area (Å²) in [6.07, 6.45) is 2.65. The van der Waals surface area contributed by atoms with Gasteiger partial charge in [0.1, 0.15) is 23.0 Å². The minimum absolute atomic E-state index is 0.300. The molecule has 0 atom stereocenters. The van der Waals surface area contributed by atoms with Crippen LogP contribution in [0.25, 0.3) is 11.0 Å². The molecule has 1 N–H and O–H groups in total. The van der Waals surface area contributed by atoms with Crippen LogP contribution in [0.15, 0.2) is 16.5 Å². The maximum atomic E-state index is 13.9.